The molecule has 3 nitrogen and oxygen atoms in total. The molecular formula is C31H29ClO3S. The molecule has 0 bridgehead atoms. The van der Waals surface area contributed by atoms with Crippen LogP contribution in [0.1, 0.15) is 35.6 Å². The molecule has 184 valence electrons. The second-order valence-corrected chi connectivity index (χ2v) is 10.5. The van der Waals surface area contributed by atoms with Crippen LogP contribution >= 0.6 is 23.4 Å². The smallest absolute Gasteiger partial charge is 0.150 e. The summed E-state index contributed by atoms with van der Waals surface area (Å²) in [5.74, 6) is 0.563. The zero-order valence-corrected chi connectivity index (χ0v) is 21.6. The van der Waals surface area contributed by atoms with Gasteiger partial charge in [-0.3, -0.25) is 4.79 Å². The topological polar surface area (TPSA) is 57.5 Å². The van der Waals surface area contributed by atoms with Crippen molar-refractivity contribution in [2.45, 2.75) is 30.6 Å². The Morgan fingerprint density at radius 2 is 1.50 bits per heavy atom. The number of phenols is 1. The molecule has 0 aliphatic rings. The summed E-state index contributed by atoms with van der Waals surface area (Å²) in [5.41, 5.74) is 4.91. The summed E-state index contributed by atoms with van der Waals surface area (Å²) < 4.78 is 0. The van der Waals surface area contributed by atoms with Crippen molar-refractivity contribution in [3.05, 3.63) is 125 Å². The highest BCUT2D eigenvalue weighted by molar-refractivity contribution is 8.00. The maximum Gasteiger partial charge on any atom is 0.150 e. The summed E-state index contributed by atoms with van der Waals surface area (Å²) in [6.45, 7) is 2.02. The molecule has 4 aromatic rings. The fourth-order valence-corrected chi connectivity index (χ4v) is 5.72. The Bertz CT molecular complexity index is 1270. The third-order valence-corrected chi connectivity index (χ3v) is 8.07. The Morgan fingerprint density at radius 3 is 2.17 bits per heavy atom. The first-order valence-electron chi connectivity index (χ1n) is 11.9. The molecule has 0 aliphatic heterocycles. The summed E-state index contributed by atoms with van der Waals surface area (Å²) in [5, 5.41) is 20.7. The summed E-state index contributed by atoms with van der Waals surface area (Å²) in [7, 11) is 0. The molecule has 0 aliphatic carbocycles. The lowest BCUT2D eigenvalue weighted by Crippen LogP contribution is -2.26. The van der Waals surface area contributed by atoms with Gasteiger partial charge in [-0.25, -0.2) is 0 Å². The number of hydrogen-bond acceptors (Lipinski definition) is 4. The number of phenolic OH excluding ortho intramolecular Hbond substituents is 1. The first kappa shape index (κ1) is 26.0. The standard InChI is InChI=1S/C31H29ClO3S/c1-21(23-14-16-28(33)17-15-23)31(36-20-30(35)26-8-5-9-27(32)19-26)29(34)18-22-10-12-25(13-11-22)24-6-3-2-4-7-24/h2-17,19,21,30-31,33,35H,18,20H2,1H3/t21-,30+,31-/m1/s1. The fourth-order valence-electron chi connectivity index (χ4n) is 4.22. The lowest BCUT2D eigenvalue weighted by Gasteiger charge is -2.24. The van der Waals surface area contributed by atoms with E-state index in [2.05, 4.69) is 12.1 Å². The van der Waals surface area contributed by atoms with Gasteiger partial charge in [0, 0.05) is 17.2 Å². The Kier molecular flexibility index (Phi) is 8.87. The molecule has 0 aromatic heterocycles. The van der Waals surface area contributed by atoms with E-state index in [1.165, 1.54) is 11.8 Å². The molecule has 0 fully saturated rings. The second kappa shape index (κ2) is 12.3. The van der Waals surface area contributed by atoms with E-state index >= 15 is 0 Å². The molecule has 3 atom stereocenters. The van der Waals surface area contributed by atoms with Gasteiger partial charge >= 0.3 is 0 Å². The fraction of sp³-hybridized carbons (Fsp3) is 0.194. The van der Waals surface area contributed by atoms with E-state index in [0.29, 0.717) is 17.2 Å². The Morgan fingerprint density at radius 1 is 0.833 bits per heavy atom. The van der Waals surface area contributed by atoms with E-state index in [1.807, 2.05) is 73.7 Å². The number of aliphatic hydroxyl groups excluding tert-OH is 1. The Labute approximate surface area is 221 Å². The van der Waals surface area contributed by atoms with Gasteiger partial charge in [0.25, 0.3) is 0 Å². The molecule has 5 heteroatoms. The van der Waals surface area contributed by atoms with Crippen molar-refractivity contribution < 1.29 is 15.0 Å². The molecule has 2 N–H and O–H groups in total. The minimum Gasteiger partial charge on any atom is -0.508 e. The molecule has 4 rings (SSSR count). The average Bonchev–Trinajstić information content (AvgIpc) is 2.90. The van der Waals surface area contributed by atoms with Gasteiger partial charge in [-0.2, -0.15) is 0 Å². The van der Waals surface area contributed by atoms with Crippen LogP contribution < -0.4 is 0 Å². The molecule has 0 amide bonds. The maximum atomic E-state index is 13.6. The number of Topliss-reactive ketones (excluding diaryl/α,β-unsaturated/α-hetero) is 1. The summed E-state index contributed by atoms with van der Waals surface area (Å²) in [4.78, 5) is 13.6. The number of carbonyl (C=O) groups excluding carboxylic acids is 1. The van der Waals surface area contributed by atoms with Crippen molar-refractivity contribution >= 4 is 29.1 Å². The number of hydrogen-bond donors (Lipinski definition) is 2. The minimum atomic E-state index is -0.735. The van der Waals surface area contributed by atoms with Gasteiger partial charge in [0.2, 0.25) is 0 Å². The second-order valence-electron chi connectivity index (χ2n) is 8.91. The lowest BCUT2D eigenvalue weighted by atomic mass is 9.92. The predicted octanol–water partition coefficient (Wildman–Crippen LogP) is 7.46. The van der Waals surface area contributed by atoms with Crippen LogP contribution in [0.25, 0.3) is 11.1 Å². The molecule has 0 saturated heterocycles. The highest BCUT2D eigenvalue weighted by Gasteiger charge is 2.28. The van der Waals surface area contributed by atoms with Crippen molar-refractivity contribution in [2.24, 2.45) is 0 Å². The molecular weight excluding hydrogens is 488 g/mol. The highest BCUT2D eigenvalue weighted by Crippen LogP contribution is 2.34. The van der Waals surface area contributed by atoms with Crippen molar-refractivity contribution in [3.8, 4) is 16.9 Å². The first-order valence-corrected chi connectivity index (χ1v) is 13.3. The third kappa shape index (κ3) is 6.79. The number of thioether (sulfide) groups is 1. The van der Waals surface area contributed by atoms with Crippen molar-refractivity contribution in [1.82, 2.24) is 0 Å². The third-order valence-electron chi connectivity index (χ3n) is 6.30. The predicted molar refractivity (Wildman–Crippen MR) is 150 cm³/mol. The van der Waals surface area contributed by atoms with Crippen LogP contribution in [0.2, 0.25) is 5.02 Å². The van der Waals surface area contributed by atoms with Crippen LogP contribution in [0.3, 0.4) is 0 Å². The van der Waals surface area contributed by atoms with E-state index in [9.17, 15) is 15.0 Å². The van der Waals surface area contributed by atoms with E-state index in [1.54, 1.807) is 24.3 Å². The maximum absolute atomic E-state index is 13.6. The number of rotatable bonds is 10. The van der Waals surface area contributed by atoms with Crippen molar-refractivity contribution in [1.29, 1.82) is 0 Å². The van der Waals surface area contributed by atoms with Crippen molar-refractivity contribution in [2.75, 3.05) is 5.75 Å². The molecule has 0 unspecified atom stereocenters. The number of aliphatic hydroxyl groups is 1. The molecule has 0 radical (unpaired) electrons. The van der Waals surface area contributed by atoms with Gasteiger partial charge in [-0.05, 0) is 58.0 Å². The normalized spacial score (nSPS) is 13.6. The summed E-state index contributed by atoms with van der Waals surface area (Å²) in [6, 6.07) is 32.4. The van der Waals surface area contributed by atoms with Gasteiger partial charge in [0.15, 0.2) is 5.78 Å². The summed E-state index contributed by atoms with van der Waals surface area (Å²) >= 11 is 7.55. The number of benzene rings is 4. The zero-order valence-electron chi connectivity index (χ0n) is 20.1. The van der Waals surface area contributed by atoms with Gasteiger partial charge in [-0.1, -0.05) is 97.4 Å². The van der Waals surface area contributed by atoms with Gasteiger partial charge in [0.05, 0.1) is 11.4 Å². The molecule has 0 spiro atoms. The zero-order chi connectivity index (χ0) is 25.5. The van der Waals surface area contributed by atoms with Crippen LogP contribution in [-0.2, 0) is 11.2 Å². The van der Waals surface area contributed by atoms with Crippen molar-refractivity contribution in [3.63, 3.8) is 0 Å². The summed E-state index contributed by atoms with van der Waals surface area (Å²) in [6.07, 6.45) is -0.427. The minimum absolute atomic E-state index is 0.0988. The Balaban J connectivity index is 1.50. The Hall–Kier alpha value is -3.05. The van der Waals surface area contributed by atoms with E-state index in [0.717, 1.165) is 27.8 Å². The molecule has 0 saturated carbocycles. The number of halogens is 1. The average molecular weight is 517 g/mol. The first-order chi connectivity index (χ1) is 17.4. The SMILES string of the molecule is C[C@H](c1ccc(O)cc1)[C@@H](SC[C@H](O)c1cccc(Cl)c1)C(=O)Cc1ccc(-c2ccccc2)cc1. The molecule has 0 heterocycles. The van der Waals surface area contributed by atoms with Crippen LogP contribution in [0.15, 0.2) is 103 Å². The van der Waals surface area contributed by atoms with Crippen LogP contribution in [0.4, 0.5) is 0 Å². The molecule has 36 heavy (non-hydrogen) atoms. The number of carbonyl (C=O) groups is 1. The van der Waals surface area contributed by atoms with E-state index < -0.39 is 6.10 Å². The van der Waals surface area contributed by atoms with E-state index in [-0.39, 0.29) is 22.7 Å². The van der Waals surface area contributed by atoms with Crippen LogP contribution in [-0.4, -0.2) is 27.0 Å². The lowest BCUT2D eigenvalue weighted by molar-refractivity contribution is -0.118. The van der Waals surface area contributed by atoms with Crippen LogP contribution in [0, 0.1) is 0 Å². The highest BCUT2D eigenvalue weighted by atomic mass is 35.5. The largest absolute Gasteiger partial charge is 0.508 e. The number of ketones is 1. The van der Waals surface area contributed by atoms with E-state index in [4.69, 9.17) is 11.6 Å². The monoisotopic (exact) mass is 516 g/mol. The molecule has 4 aromatic carbocycles. The van der Waals surface area contributed by atoms with Gasteiger partial charge in [0.1, 0.15) is 5.75 Å². The number of aromatic hydroxyl groups is 1. The van der Waals surface area contributed by atoms with Gasteiger partial charge in [-0.15, -0.1) is 11.8 Å². The quantitative estimate of drug-likeness (QED) is 0.229. The van der Waals surface area contributed by atoms with Gasteiger partial charge < -0.3 is 10.2 Å². The van der Waals surface area contributed by atoms with Crippen LogP contribution in [0.5, 0.6) is 5.75 Å².